The number of carbonyl (C=O) groups excluding carboxylic acids is 2. The molecule has 37 heavy (non-hydrogen) atoms. The van der Waals surface area contributed by atoms with Gasteiger partial charge in [-0.3, -0.25) is 14.4 Å². The van der Waals surface area contributed by atoms with Crippen molar-refractivity contribution in [3.8, 4) is 0 Å². The van der Waals surface area contributed by atoms with Crippen LogP contribution in [0.15, 0.2) is 60.8 Å². The zero-order valence-corrected chi connectivity index (χ0v) is 23.6. The van der Waals surface area contributed by atoms with E-state index in [0.29, 0.717) is 25.3 Å². The molecule has 1 atom stereocenters. The molecule has 0 aromatic heterocycles. The first-order chi connectivity index (χ1) is 18.0. The second kappa shape index (κ2) is 26.8. The number of aliphatic carboxylic acids is 1. The fraction of sp³-hybridized carbons (Fsp3) is 0.536. The SMILES string of the molecule is CC/C=C\C/C=C\C/C=C\C/C=C\C/C=C\CCCC(=O)NCCSSCCNC(=O)C(O)CC(=O)O. The predicted octanol–water partition coefficient (Wildman–Crippen LogP) is 5.36. The van der Waals surface area contributed by atoms with E-state index in [9.17, 15) is 19.5 Å². The van der Waals surface area contributed by atoms with Gasteiger partial charge in [0.15, 0.2) is 0 Å². The van der Waals surface area contributed by atoms with E-state index in [-0.39, 0.29) is 5.91 Å². The first-order valence-corrected chi connectivity index (χ1v) is 15.4. The Hall–Kier alpha value is -2.23. The Balaban J connectivity index is 3.53. The van der Waals surface area contributed by atoms with Crippen LogP contribution in [0.1, 0.15) is 64.7 Å². The van der Waals surface area contributed by atoms with E-state index in [4.69, 9.17) is 5.11 Å². The highest BCUT2D eigenvalue weighted by Gasteiger charge is 2.17. The minimum absolute atomic E-state index is 0.0534. The zero-order chi connectivity index (χ0) is 27.4. The van der Waals surface area contributed by atoms with Gasteiger partial charge in [0, 0.05) is 31.0 Å². The molecule has 0 aliphatic carbocycles. The number of hydrogen-bond acceptors (Lipinski definition) is 6. The molecule has 0 aromatic rings. The summed E-state index contributed by atoms with van der Waals surface area (Å²) in [4.78, 5) is 33.8. The van der Waals surface area contributed by atoms with Crippen LogP contribution in [0, 0.1) is 0 Å². The van der Waals surface area contributed by atoms with Gasteiger partial charge in [0.1, 0.15) is 6.10 Å². The number of aliphatic hydroxyl groups excluding tert-OH is 1. The molecule has 208 valence electrons. The molecule has 0 spiro atoms. The number of rotatable bonds is 23. The highest BCUT2D eigenvalue weighted by Crippen LogP contribution is 2.19. The standard InChI is InChI=1S/C28H44N2O5S2/c1-2-3-4-5-6-7-8-9-10-11-12-13-14-15-16-17-18-19-26(32)29-20-22-36-37-23-21-30-28(35)25(31)24-27(33)34/h3-4,6-7,9-10,12-13,15-16,25,31H,2,5,8,11,14,17-24H2,1H3,(H,29,32)(H,30,35)(H,33,34)/b4-3-,7-6-,10-9-,13-12-,16-15-. The van der Waals surface area contributed by atoms with Crippen LogP contribution in [-0.4, -0.2) is 58.7 Å². The average Bonchev–Trinajstić information content (AvgIpc) is 2.86. The number of allylic oxidation sites excluding steroid dienone is 10. The van der Waals surface area contributed by atoms with Gasteiger partial charge in [-0.1, -0.05) is 89.3 Å². The van der Waals surface area contributed by atoms with Crippen molar-refractivity contribution in [3.05, 3.63) is 60.8 Å². The van der Waals surface area contributed by atoms with Gasteiger partial charge in [-0.05, 0) is 44.9 Å². The minimum atomic E-state index is -1.52. The Labute approximate surface area is 230 Å². The van der Waals surface area contributed by atoms with Crippen LogP contribution >= 0.6 is 21.6 Å². The van der Waals surface area contributed by atoms with Crippen molar-refractivity contribution in [1.82, 2.24) is 10.6 Å². The second-order valence-corrected chi connectivity index (χ2v) is 10.7. The largest absolute Gasteiger partial charge is 0.481 e. The molecule has 0 aromatic carbocycles. The Morgan fingerprint density at radius 1 is 0.757 bits per heavy atom. The van der Waals surface area contributed by atoms with Gasteiger partial charge in [-0.2, -0.15) is 0 Å². The third-order valence-electron chi connectivity index (χ3n) is 4.68. The first-order valence-electron chi connectivity index (χ1n) is 12.9. The topological polar surface area (TPSA) is 116 Å². The van der Waals surface area contributed by atoms with Crippen molar-refractivity contribution in [3.63, 3.8) is 0 Å². The normalized spacial score (nSPS) is 12.9. The van der Waals surface area contributed by atoms with Crippen molar-refractivity contribution < 1.29 is 24.6 Å². The second-order valence-electron chi connectivity index (χ2n) is 8.00. The average molecular weight is 553 g/mol. The van der Waals surface area contributed by atoms with Gasteiger partial charge in [-0.15, -0.1) is 0 Å². The van der Waals surface area contributed by atoms with Crippen LogP contribution in [-0.2, 0) is 14.4 Å². The molecule has 0 saturated carbocycles. The highest BCUT2D eigenvalue weighted by molar-refractivity contribution is 8.76. The maximum atomic E-state index is 11.9. The highest BCUT2D eigenvalue weighted by atomic mass is 33.1. The van der Waals surface area contributed by atoms with Crippen molar-refractivity contribution in [2.75, 3.05) is 24.6 Å². The molecule has 1 unspecified atom stereocenters. The molecule has 9 heteroatoms. The molecule has 0 aliphatic rings. The summed E-state index contributed by atoms with van der Waals surface area (Å²) in [5, 5.41) is 23.3. The van der Waals surface area contributed by atoms with E-state index in [1.807, 2.05) is 0 Å². The molecule has 0 radical (unpaired) electrons. The lowest BCUT2D eigenvalue weighted by atomic mass is 10.2. The number of hydrogen-bond donors (Lipinski definition) is 4. The van der Waals surface area contributed by atoms with Gasteiger partial charge in [-0.25, -0.2) is 0 Å². The molecule has 7 nitrogen and oxygen atoms in total. The van der Waals surface area contributed by atoms with Crippen LogP contribution < -0.4 is 10.6 Å². The Bertz CT molecular complexity index is 764. The third kappa shape index (κ3) is 26.6. The summed E-state index contributed by atoms with van der Waals surface area (Å²) in [5.41, 5.74) is 0. The maximum absolute atomic E-state index is 11.9. The van der Waals surface area contributed by atoms with Crippen LogP contribution in [0.5, 0.6) is 0 Å². The number of unbranched alkanes of at least 4 members (excludes halogenated alkanes) is 1. The Kier molecular flexibility index (Phi) is 25.2. The summed E-state index contributed by atoms with van der Waals surface area (Å²) in [6, 6.07) is 0. The van der Waals surface area contributed by atoms with Crippen molar-refractivity contribution in [2.24, 2.45) is 0 Å². The molecule has 0 heterocycles. The third-order valence-corrected chi connectivity index (χ3v) is 7.09. The van der Waals surface area contributed by atoms with Crippen LogP contribution in [0.2, 0.25) is 0 Å². The summed E-state index contributed by atoms with van der Waals surface area (Å²) in [7, 11) is 3.13. The fourth-order valence-electron chi connectivity index (χ4n) is 2.78. The quantitative estimate of drug-likeness (QED) is 0.0766. The molecule has 0 aliphatic heterocycles. The Morgan fingerprint density at radius 3 is 1.76 bits per heavy atom. The molecule has 0 fully saturated rings. The van der Waals surface area contributed by atoms with E-state index in [1.54, 1.807) is 21.6 Å². The van der Waals surface area contributed by atoms with E-state index in [2.05, 4.69) is 78.3 Å². The molecular formula is C28H44N2O5S2. The number of carbonyl (C=O) groups is 3. The molecular weight excluding hydrogens is 508 g/mol. The summed E-state index contributed by atoms with van der Waals surface area (Å²) in [5.74, 6) is -0.468. The van der Waals surface area contributed by atoms with Gasteiger partial charge < -0.3 is 20.8 Å². The van der Waals surface area contributed by atoms with Gasteiger partial charge in [0.05, 0.1) is 6.42 Å². The predicted molar refractivity (Wildman–Crippen MR) is 158 cm³/mol. The van der Waals surface area contributed by atoms with Crippen molar-refractivity contribution in [2.45, 2.75) is 70.8 Å². The van der Waals surface area contributed by atoms with E-state index in [1.165, 1.54) is 0 Å². The molecule has 2 amide bonds. The van der Waals surface area contributed by atoms with Crippen molar-refractivity contribution in [1.29, 1.82) is 0 Å². The summed E-state index contributed by atoms with van der Waals surface area (Å²) in [6.07, 6.45) is 26.7. The van der Waals surface area contributed by atoms with Crippen LogP contribution in [0.25, 0.3) is 0 Å². The van der Waals surface area contributed by atoms with Gasteiger partial charge >= 0.3 is 5.97 Å². The number of nitrogens with one attached hydrogen (secondary N) is 2. The lowest BCUT2D eigenvalue weighted by Gasteiger charge is -2.09. The van der Waals surface area contributed by atoms with E-state index < -0.39 is 24.4 Å². The number of carboxylic acid groups (broad SMARTS) is 1. The van der Waals surface area contributed by atoms with E-state index in [0.717, 1.165) is 50.7 Å². The minimum Gasteiger partial charge on any atom is -0.481 e. The molecule has 4 N–H and O–H groups in total. The van der Waals surface area contributed by atoms with Crippen molar-refractivity contribution >= 4 is 39.4 Å². The van der Waals surface area contributed by atoms with Gasteiger partial charge in [0.25, 0.3) is 0 Å². The summed E-state index contributed by atoms with van der Waals surface area (Å²) < 4.78 is 0. The maximum Gasteiger partial charge on any atom is 0.306 e. The number of carboxylic acids is 1. The first kappa shape index (κ1) is 34.8. The Morgan fingerprint density at radius 2 is 1.24 bits per heavy atom. The van der Waals surface area contributed by atoms with Crippen LogP contribution in [0.4, 0.5) is 0 Å². The molecule has 0 rings (SSSR count). The molecule has 0 saturated heterocycles. The van der Waals surface area contributed by atoms with E-state index >= 15 is 0 Å². The monoisotopic (exact) mass is 552 g/mol. The lowest BCUT2D eigenvalue weighted by Crippen LogP contribution is -2.37. The number of amides is 2. The zero-order valence-electron chi connectivity index (χ0n) is 22.0. The van der Waals surface area contributed by atoms with Gasteiger partial charge in [0.2, 0.25) is 11.8 Å². The number of aliphatic hydroxyl groups is 1. The lowest BCUT2D eigenvalue weighted by molar-refractivity contribution is -0.143. The smallest absolute Gasteiger partial charge is 0.306 e. The summed E-state index contributed by atoms with van der Waals surface area (Å²) in [6.45, 7) is 3.07. The molecule has 0 bridgehead atoms. The fourth-order valence-corrected chi connectivity index (χ4v) is 4.59. The van der Waals surface area contributed by atoms with Crippen LogP contribution in [0.3, 0.4) is 0 Å². The summed E-state index contributed by atoms with van der Waals surface area (Å²) >= 11 is 0.